The predicted octanol–water partition coefficient (Wildman–Crippen LogP) is 7.17. The van der Waals surface area contributed by atoms with Gasteiger partial charge in [-0.05, 0) is 86.2 Å². The second-order valence-corrected chi connectivity index (χ2v) is 12.0. The van der Waals surface area contributed by atoms with E-state index in [0.717, 1.165) is 31.5 Å². The van der Waals surface area contributed by atoms with Crippen molar-refractivity contribution in [2.75, 3.05) is 19.0 Å². The highest BCUT2D eigenvalue weighted by Crippen LogP contribution is 2.65. The quantitative estimate of drug-likeness (QED) is 0.368. The molecule has 166 valence electrons. The molecule has 1 saturated heterocycles. The van der Waals surface area contributed by atoms with Crippen LogP contribution in [0.25, 0.3) is 0 Å². The van der Waals surface area contributed by atoms with E-state index in [1.807, 2.05) is 17.3 Å². The van der Waals surface area contributed by atoms with E-state index in [1.165, 1.54) is 62.0 Å². The molecule has 0 amide bonds. The van der Waals surface area contributed by atoms with Crippen molar-refractivity contribution in [3.05, 3.63) is 53.6 Å². The van der Waals surface area contributed by atoms with Gasteiger partial charge in [-0.2, -0.15) is 0 Å². The maximum atomic E-state index is 6.15. The Morgan fingerprint density at radius 3 is 2.71 bits per heavy atom. The lowest BCUT2D eigenvalue weighted by Crippen LogP contribution is -2.47. The fraction of sp³-hybridized carbons (Fsp3) is 0.643. The molecule has 1 spiro atoms. The summed E-state index contributed by atoms with van der Waals surface area (Å²) in [6.07, 6.45) is 16.8. The first-order chi connectivity index (χ1) is 15.1. The van der Waals surface area contributed by atoms with Crippen molar-refractivity contribution in [1.29, 1.82) is 0 Å². The summed E-state index contributed by atoms with van der Waals surface area (Å²) in [6.45, 7) is 4.07. The minimum absolute atomic E-state index is 0.245. The molecular formula is C28H36O2S. The zero-order chi connectivity index (χ0) is 20.9. The van der Waals surface area contributed by atoms with Gasteiger partial charge in [0, 0.05) is 16.7 Å². The Bertz CT molecular complexity index is 884. The van der Waals surface area contributed by atoms with Crippen molar-refractivity contribution in [3.8, 4) is 0 Å². The van der Waals surface area contributed by atoms with Gasteiger partial charge in [-0.1, -0.05) is 48.8 Å². The lowest BCUT2D eigenvalue weighted by atomic mass is 9.50. The Balaban J connectivity index is 1.33. The van der Waals surface area contributed by atoms with Crippen LogP contribution in [-0.2, 0) is 9.47 Å². The van der Waals surface area contributed by atoms with Gasteiger partial charge in [0.2, 0.25) is 0 Å². The lowest BCUT2D eigenvalue weighted by molar-refractivity contribution is -0.133. The Hall–Kier alpha value is -1.03. The first-order valence-electron chi connectivity index (χ1n) is 12.5. The number of hydrogen-bond donors (Lipinski definition) is 0. The monoisotopic (exact) mass is 436 g/mol. The zero-order valence-electron chi connectivity index (χ0n) is 18.9. The van der Waals surface area contributed by atoms with Gasteiger partial charge in [-0.25, -0.2) is 0 Å². The van der Waals surface area contributed by atoms with Crippen LogP contribution in [0.2, 0.25) is 0 Å². The van der Waals surface area contributed by atoms with Crippen LogP contribution in [0.5, 0.6) is 0 Å². The number of hydrogen-bond acceptors (Lipinski definition) is 3. The van der Waals surface area contributed by atoms with Crippen molar-refractivity contribution < 1.29 is 9.47 Å². The average Bonchev–Trinajstić information content (AvgIpc) is 3.41. The second kappa shape index (κ2) is 7.78. The smallest absolute Gasteiger partial charge is 0.188 e. The van der Waals surface area contributed by atoms with E-state index in [4.69, 9.17) is 9.47 Å². The molecule has 4 aliphatic carbocycles. The van der Waals surface area contributed by atoms with Crippen molar-refractivity contribution in [2.45, 2.75) is 75.4 Å². The maximum Gasteiger partial charge on any atom is 0.188 e. The summed E-state index contributed by atoms with van der Waals surface area (Å²) in [7, 11) is 0. The molecule has 2 saturated carbocycles. The molecule has 0 aromatic heterocycles. The summed E-state index contributed by atoms with van der Waals surface area (Å²) in [4.78, 5) is 1.40. The van der Waals surface area contributed by atoms with Gasteiger partial charge in [0.05, 0.1) is 13.2 Å². The Labute approximate surface area is 191 Å². The summed E-state index contributed by atoms with van der Waals surface area (Å²) in [6, 6.07) is 10.9. The predicted molar refractivity (Wildman–Crippen MR) is 127 cm³/mol. The molecule has 2 nitrogen and oxygen atoms in total. The molecule has 6 rings (SSSR count). The van der Waals surface area contributed by atoms with E-state index in [9.17, 15) is 0 Å². The highest BCUT2D eigenvalue weighted by molar-refractivity contribution is 7.99. The van der Waals surface area contributed by atoms with Crippen molar-refractivity contribution in [1.82, 2.24) is 0 Å². The normalized spacial score (nSPS) is 38.2. The molecule has 1 aliphatic heterocycles. The van der Waals surface area contributed by atoms with Crippen LogP contribution in [0.15, 0.2) is 58.5 Å². The van der Waals surface area contributed by atoms with Gasteiger partial charge in [0.1, 0.15) is 0 Å². The molecule has 0 radical (unpaired) electrons. The maximum absolute atomic E-state index is 6.15. The molecule has 0 N–H and O–H groups in total. The molecule has 1 aromatic rings. The van der Waals surface area contributed by atoms with E-state index < -0.39 is 5.79 Å². The third kappa shape index (κ3) is 3.38. The van der Waals surface area contributed by atoms with Crippen LogP contribution >= 0.6 is 11.8 Å². The number of allylic oxidation sites excluding steroid dienone is 3. The Morgan fingerprint density at radius 2 is 1.87 bits per heavy atom. The summed E-state index contributed by atoms with van der Waals surface area (Å²) in [5, 5.41) is 0. The van der Waals surface area contributed by atoms with Crippen LogP contribution in [0.3, 0.4) is 0 Å². The van der Waals surface area contributed by atoms with Gasteiger partial charge in [-0.15, -0.1) is 11.8 Å². The van der Waals surface area contributed by atoms with Crippen LogP contribution < -0.4 is 0 Å². The molecular weight excluding hydrogens is 400 g/mol. The SMILES string of the molecule is C[C@]12CC=C3[C@@H](CCC4=CC5(CC[C@@]43CCSc3ccccc3)OCCO5)[C@@H]1CCC2. The Kier molecular flexibility index (Phi) is 5.16. The number of fused-ring (bicyclic) bond motifs is 5. The topological polar surface area (TPSA) is 18.5 Å². The first kappa shape index (κ1) is 20.6. The first-order valence-corrected chi connectivity index (χ1v) is 13.5. The number of benzene rings is 1. The van der Waals surface area contributed by atoms with Gasteiger partial charge < -0.3 is 9.47 Å². The molecule has 5 aliphatic rings. The molecule has 1 heterocycles. The second-order valence-electron chi connectivity index (χ2n) is 10.8. The Morgan fingerprint density at radius 1 is 1.03 bits per heavy atom. The van der Waals surface area contributed by atoms with E-state index in [1.54, 1.807) is 5.57 Å². The molecule has 4 atom stereocenters. The van der Waals surface area contributed by atoms with Gasteiger partial charge >= 0.3 is 0 Å². The van der Waals surface area contributed by atoms with E-state index >= 15 is 0 Å². The zero-order valence-corrected chi connectivity index (χ0v) is 19.7. The van der Waals surface area contributed by atoms with Gasteiger partial charge in [-0.3, -0.25) is 0 Å². The molecule has 1 aromatic carbocycles. The van der Waals surface area contributed by atoms with Crippen LogP contribution in [-0.4, -0.2) is 24.8 Å². The van der Waals surface area contributed by atoms with Crippen molar-refractivity contribution in [3.63, 3.8) is 0 Å². The van der Waals surface area contributed by atoms with Crippen LogP contribution in [0.4, 0.5) is 0 Å². The minimum atomic E-state index is -0.421. The fourth-order valence-corrected chi connectivity index (χ4v) is 8.82. The lowest BCUT2D eigenvalue weighted by Gasteiger charge is -2.55. The summed E-state index contributed by atoms with van der Waals surface area (Å²) in [5.74, 6) is 2.47. The average molecular weight is 437 g/mol. The molecule has 3 fully saturated rings. The van der Waals surface area contributed by atoms with E-state index in [-0.39, 0.29) is 5.41 Å². The number of thioether (sulfide) groups is 1. The van der Waals surface area contributed by atoms with Crippen LogP contribution in [0, 0.1) is 22.7 Å². The summed E-state index contributed by atoms with van der Waals surface area (Å²) in [5.41, 5.74) is 4.26. The van der Waals surface area contributed by atoms with Gasteiger partial charge in [0.25, 0.3) is 0 Å². The number of ether oxygens (including phenoxy) is 2. The minimum Gasteiger partial charge on any atom is -0.344 e. The largest absolute Gasteiger partial charge is 0.344 e. The highest BCUT2D eigenvalue weighted by atomic mass is 32.2. The fourth-order valence-electron chi connectivity index (χ4n) is 7.78. The third-order valence-electron chi connectivity index (χ3n) is 9.33. The molecule has 3 heteroatoms. The summed E-state index contributed by atoms with van der Waals surface area (Å²) >= 11 is 2.03. The van der Waals surface area contributed by atoms with Crippen molar-refractivity contribution >= 4 is 11.8 Å². The van der Waals surface area contributed by atoms with Crippen molar-refractivity contribution in [2.24, 2.45) is 22.7 Å². The summed E-state index contributed by atoms with van der Waals surface area (Å²) < 4.78 is 12.3. The van der Waals surface area contributed by atoms with E-state index in [2.05, 4.69) is 49.4 Å². The molecule has 0 bridgehead atoms. The number of rotatable bonds is 4. The molecule has 0 unspecified atom stereocenters. The molecule has 31 heavy (non-hydrogen) atoms. The van der Waals surface area contributed by atoms with Crippen LogP contribution in [0.1, 0.15) is 64.7 Å². The highest BCUT2D eigenvalue weighted by Gasteiger charge is 2.56. The standard InChI is InChI=1S/C28H36O2S/c1-26-12-5-8-24(26)23-10-9-21-20-28(29-17-18-30-28)15-14-27(21,25(23)11-13-26)16-19-31-22-6-3-2-4-7-22/h2-4,6-7,11,20,23-24H,5,8-10,12-19H2,1H3/t23-,24-,26-,27+/m0/s1. The third-order valence-corrected chi connectivity index (χ3v) is 10.3. The van der Waals surface area contributed by atoms with E-state index in [0.29, 0.717) is 5.41 Å². The van der Waals surface area contributed by atoms with Gasteiger partial charge in [0.15, 0.2) is 5.79 Å².